The third kappa shape index (κ3) is 16.5. The molecule has 6 heteroatoms. The molecule has 0 atom stereocenters. The molecule has 0 spiro atoms. The molecule has 0 radical (unpaired) electrons. The first-order valence-electron chi connectivity index (χ1n) is 15.1. The van der Waals surface area contributed by atoms with Crippen LogP contribution in [0.25, 0.3) is 17.3 Å². The van der Waals surface area contributed by atoms with Crippen molar-refractivity contribution in [1.29, 1.82) is 0 Å². The van der Waals surface area contributed by atoms with Gasteiger partial charge in [0.05, 0.1) is 23.9 Å². The summed E-state index contributed by atoms with van der Waals surface area (Å²) in [6, 6.07) is 5.39. The van der Waals surface area contributed by atoms with Gasteiger partial charge in [-0.3, -0.25) is 0 Å². The number of imidazole rings is 1. The third-order valence-corrected chi connectivity index (χ3v) is 6.19. The Bertz CT molecular complexity index is 1350. The lowest BCUT2D eigenvalue weighted by Crippen LogP contribution is -1.97. The van der Waals surface area contributed by atoms with Gasteiger partial charge < -0.3 is 9.30 Å². The van der Waals surface area contributed by atoms with Gasteiger partial charge in [0.25, 0.3) is 0 Å². The van der Waals surface area contributed by atoms with Crippen LogP contribution in [-0.2, 0) is 11.8 Å². The molecule has 0 unspecified atom stereocenters. The van der Waals surface area contributed by atoms with Crippen LogP contribution in [0, 0.1) is 12.3 Å². The molecule has 0 amide bonds. The molecule has 0 saturated carbocycles. The van der Waals surface area contributed by atoms with Crippen molar-refractivity contribution >= 4 is 29.3 Å². The lowest BCUT2D eigenvalue weighted by molar-refractivity contribution is 0.189. The highest BCUT2D eigenvalue weighted by molar-refractivity contribution is 6.36. The van der Waals surface area contributed by atoms with Crippen molar-refractivity contribution in [3.8, 4) is 23.6 Å². The van der Waals surface area contributed by atoms with E-state index in [1.165, 1.54) is 0 Å². The van der Waals surface area contributed by atoms with E-state index in [-0.39, 0.29) is 0 Å². The summed E-state index contributed by atoms with van der Waals surface area (Å²) in [4.78, 5) is 4.70. The molecule has 2 aromatic rings. The van der Waals surface area contributed by atoms with Gasteiger partial charge in [-0.1, -0.05) is 106 Å². The first kappa shape index (κ1) is 40.6. The summed E-state index contributed by atoms with van der Waals surface area (Å²) in [7, 11) is 1.95. The van der Waals surface area contributed by atoms with Gasteiger partial charge in [-0.05, 0) is 80.2 Å². The van der Waals surface area contributed by atoms with E-state index in [9.17, 15) is 4.39 Å². The lowest BCUT2D eigenvalue weighted by Gasteiger charge is -2.05. The maximum atomic E-state index is 13.3. The van der Waals surface area contributed by atoms with Gasteiger partial charge in [-0.2, -0.15) is 0 Å². The van der Waals surface area contributed by atoms with Crippen LogP contribution in [0.1, 0.15) is 66.6 Å². The first-order chi connectivity index (χ1) is 21.3. The van der Waals surface area contributed by atoms with Crippen LogP contribution in [0.2, 0.25) is 10.0 Å². The zero-order valence-electron chi connectivity index (χ0n) is 27.4. The zero-order chi connectivity index (χ0) is 33.2. The van der Waals surface area contributed by atoms with Gasteiger partial charge in [-0.25, -0.2) is 9.37 Å². The van der Waals surface area contributed by atoms with Gasteiger partial charge >= 0.3 is 0 Å². The number of ether oxygens (including phenoxy) is 1. The number of alkyl halides is 1. The monoisotopic (exact) mass is 638 g/mol. The third-order valence-electron chi connectivity index (χ3n) is 5.64. The number of hydrogen-bond acceptors (Lipinski definition) is 2. The average Bonchev–Trinajstić information content (AvgIpc) is 3.37. The summed E-state index contributed by atoms with van der Waals surface area (Å²) >= 11 is 12.4. The number of nitrogens with zero attached hydrogens (tertiary/aromatic N) is 2. The number of terminal acetylenes is 1. The Hall–Kier alpha value is -3.36. The Balaban J connectivity index is 0.00000347. The number of allylic oxidation sites excluding steroid dienone is 10. The van der Waals surface area contributed by atoms with Crippen molar-refractivity contribution in [2.75, 3.05) is 19.9 Å². The summed E-state index contributed by atoms with van der Waals surface area (Å²) in [5, 5.41) is 1.16. The van der Waals surface area contributed by atoms with Crippen LogP contribution in [0.5, 0.6) is 0 Å². The summed E-state index contributed by atoms with van der Waals surface area (Å²) in [5.41, 5.74) is 4.61. The van der Waals surface area contributed by atoms with Gasteiger partial charge in [0.2, 0.25) is 0 Å². The predicted molar refractivity (Wildman–Crippen MR) is 193 cm³/mol. The van der Waals surface area contributed by atoms with Crippen molar-refractivity contribution in [2.24, 2.45) is 7.05 Å². The summed E-state index contributed by atoms with van der Waals surface area (Å²) in [6.07, 6.45) is 31.0. The highest BCUT2D eigenvalue weighted by atomic mass is 35.5. The van der Waals surface area contributed by atoms with E-state index in [1.807, 2.05) is 81.1 Å². The molecule has 1 aromatic carbocycles. The van der Waals surface area contributed by atoms with Gasteiger partial charge in [0, 0.05) is 23.8 Å². The molecule has 44 heavy (non-hydrogen) atoms. The number of rotatable bonds is 15. The van der Waals surface area contributed by atoms with Crippen molar-refractivity contribution < 1.29 is 9.13 Å². The minimum atomic E-state index is -0.529. The molecule has 0 aliphatic rings. The van der Waals surface area contributed by atoms with E-state index in [4.69, 9.17) is 32.9 Å². The van der Waals surface area contributed by atoms with E-state index >= 15 is 0 Å². The number of halogens is 3. The van der Waals surface area contributed by atoms with Crippen LogP contribution in [0.3, 0.4) is 0 Å². The number of hydrogen-bond donors (Lipinski definition) is 0. The molecule has 0 aliphatic heterocycles. The summed E-state index contributed by atoms with van der Waals surface area (Å²) in [5.74, 6) is 3.07. The molecule has 0 fully saturated rings. The van der Waals surface area contributed by atoms with Crippen molar-refractivity contribution in [2.45, 2.75) is 60.8 Å². The van der Waals surface area contributed by atoms with E-state index in [0.717, 1.165) is 46.6 Å². The number of benzene rings is 1. The summed E-state index contributed by atoms with van der Waals surface area (Å²) < 4.78 is 21.0. The molecule has 2 rings (SSSR count). The molecule has 0 bridgehead atoms. The molecular formula is C38H49Cl2FN2O. The normalized spacial score (nSPS) is 12.5. The Morgan fingerprint density at radius 2 is 1.68 bits per heavy atom. The Kier molecular flexibility index (Phi) is 24.1. The smallest absolute Gasteiger partial charge is 0.132 e. The second-order valence-corrected chi connectivity index (χ2v) is 9.88. The first-order valence-corrected chi connectivity index (χ1v) is 15.8. The van der Waals surface area contributed by atoms with Crippen LogP contribution < -0.4 is 0 Å². The standard InChI is InChI=1S/C33H39Cl2FN2O.C3H4.C2H6/c1-5-12-26(13-6-2)25-39-22-11-16-28(20-21-36)27(14-7-3)15-9-8-10-17-33-37-32(24-38(33)4)30-19-18-29(34)23-31(30)35;1-3-2;1-2/h5,9-20,23-24H,6-8,21-22,25H2,1-4H3;1H,2H3;1-2H3/b12-5-,15-9-,16-11-,17-10+,26-13+,27-14+,28-20+;;. The number of aryl methyl sites for hydroxylation is 1. The fraction of sp³-hybridized carbons (Fsp3) is 0.342. The average molecular weight is 640 g/mol. The Labute approximate surface area is 276 Å². The van der Waals surface area contributed by atoms with Crippen LogP contribution in [-0.4, -0.2) is 29.4 Å². The van der Waals surface area contributed by atoms with Crippen LogP contribution >= 0.6 is 23.2 Å². The van der Waals surface area contributed by atoms with Crippen molar-refractivity contribution in [3.05, 3.63) is 118 Å². The quantitative estimate of drug-likeness (QED) is 0.110. The number of aromatic nitrogens is 2. The maximum Gasteiger partial charge on any atom is 0.132 e. The van der Waals surface area contributed by atoms with Crippen LogP contribution in [0.4, 0.5) is 4.39 Å². The second-order valence-electron chi connectivity index (χ2n) is 9.03. The molecule has 0 N–H and O–H groups in total. The molecule has 0 aliphatic carbocycles. The minimum absolute atomic E-state index is 0.459. The highest BCUT2D eigenvalue weighted by Crippen LogP contribution is 2.29. The lowest BCUT2D eigenvalue weighted by atomic mass is 10.0. The fourth-order valence-electron chi connectivity index (χ4n) is 3.85. The van der Waals surface area contributed by atoms with E-state index in [1.54, 1.807) is 25.1 Å². The predicted octanol–water partition coefficient (Wildman–Crippen LogP) is 11.7. The molecule has 1 aromatic heterocycles. The fourth-order valence-corrected chi connectivity index (χ4v) is 4.35. The van der Waals surface area contributed by atoms with Gasteiger partial charge in [0.15, 0.2) is 0 Å². The second kappa shape index (κ2) is 26.1. The van der Waals surface area contributed by atoms with Crippen LogP contribution in [0.15, 0.2) is 102 Å². The highest BCUT2D eigenvalue weighted by Gasteiger charge is 2.09. The summed E-state index contributed by atoms with van der Waals surface area (Å²) in [6.45, 7) is 12.3. The Morgan fingerprint density at radius 3 is 2.30 bits per heavy atom. The van der Waals surface area contributed by atoms with E-state index in [0.29, 0.717) is 29.7 Å². The SMILES string of the molecule is C#CC.C/C=C\C(=C/CC)COC\C=C/C(=C\CF)C(/C=C\C/C=C/c1nc(-c2ccc(Cl)cc2Cl)cn1C)=C/CC.CC. The van der Waals surface area contributed by atoms with Crippen molar-refractivity contribution in [3.63, 3.8) is 0 Å². The minimum Gasteiger partial charge on any atom is -0.373 e. The maximum absolute atomic E-state index is 13.3. The molecule has 3 nitrogen and oxygen atoms in total. The van der Waals surface area contributed by atoms with Crippen molar-refractivity contribution in [1.82, 2.24) is 9.55 Å². The molecular weight excluding hydrogens is 590 g/mol. The van der Waals surface area contributed by atoms with Gasteiger partial charge in [-0.15, -0.1) is 12.3 Å². The van der Waals surface area contributed by atoms with E-state index in [2.05, 4.69) is 50.5 Å². The largest absolute Gasteiger partial charge is 0.373 e. The molecule has 0 saturated heterocycles. The van der Waals surface area contributed by atoms with E-state index < -0.39 is 6.67 Å². The topological polar surface area (TPSA) is 27.1 Å². The Morgan fingerprint density at radius 1 is 1.02 bits per heavy atom. The molecule has 1 heterocycles. The zero-order valence-corrected chi connectivity index (χ0v) is 28.9. The van der Waals surface area contributed by atoms with Gasteiger partial charge in [0.1, 0.15) is 12.5 Å². The molecule has 238 valence electrons.